The minimum atomic E-state index is -1.06. The highest BCUT2D eigenvalue weighted by Crippen LogP contribution is 2.23. The lowest BCUT2D eigenvalue weighted by atomic mass is 10.3. The molecule has 96 valence electrons. The van der Waals surface area contributed by atoms with Crippen molar-refractivity contribution < 1.29 is 14.7 Å². The molecule has 1 aromatic rings. The fourth-order valence-electron chi connectivity index (χ4n) is 2.01. The van der Waals surface area contributed by atoms with Crippen molar-refractivity contribution in [2.75, 3.05) is 23.7 Å². The van der Waals surface area contributed by atoms with E-state index in [0.29, 0.717) is 31.6 Å². The summed E-state index contributed by atoms with van der Waals surface area (Å²) in [5.74, 6) is 0.580. The summed E-state index contributed by atoms with van der Waals surface area (Å²) in [6.07, 6.45) is 1.51. The number of hydrogen-bond acceptors (Lipinski definition) is 6. The van der Waals surface area contributed by atoms with Crippen molar-refractivity contribution in [3.05, 3.63) is 11.9 Å². The summed E-state index contributed by atoms with van der Waals surface area (Å²) < 4.78 is 0. The topological polar surface area (TPSA) is 121 Å². The van der Waals surface area contributed by atoms with Gasteiger partial charge in [0, 0.05) is 13.1 Å². The standard InChI is InChI=1S/C10H13N5O3/c11-8-7(4-16)9(13-5-12-8)15-2-1-6(3-15)14-10(17)18/h4-6,14H,1-3H2,(H,17,18)(H2,11,12,13). The number of carboxylic acid groups (broad SMARTS) is 1. The number of aldehydes is 1. The molecule has 8 heteroatoms. The van der Waals surface area contributed by atoms with Crippen molar-refractivity contribution in [3.8, 4) is 0 Å². The van der Waals surface area contributed by atoms with Gasteiger partial charge >= 0.3 is 6.09 Å². The second kappa shape index (κ2) is 4.86. The Morgan fingerprint density at radius 3 is 3.06 bits per heavy atom. The normalized spacial score (nSPS) is 18.7. The fourth-order valence-corrected chi connectivity index (χ4v) is 2.01. The van der Waals surface area contributed by atoms with Crippen LogP contribution in [0.2, 0.25) is 0 Å². The molecule has 1 atom stereocenters. The third kappa shape index (κ3) is 2.31. The molecule has 18 heavy (non-hydrogen) atoms. The first-order valence-corrected chi connectivity index (χ1v) is 5.42. The van der Waals surface area contributed by atoms with Crippen molar-refractivity contribution >= 4 is 24.0 Å². The fraction of sp³-hybridized carbons (Fsp3) is 0.400. The Morgan fingerprint density at radius 2 is 2.39 bits per heavy atom. The second-order valence-electron chi connectivity index (χ2n) is 4.00. The summed E-state index contributed by atoms with van der Waals surface area (Å²) in [5.41, 5.74) is 5.84. The molecular weight excluding hydrogens is 238 g/mol. The van der Waals surface area contributed by atoms with Crippen LogP contribution in [0.15, 0.2) is 6.33 Å². The van der Waals surface area contributed by atoms with Crippen LogP contribution in [0.4, 0.5) is 16.4 Å². The number of nitrogens with one attached hydrogen (secondary N) is 1. The van der Waals surface area contributed by atoms with Gasteiger partial charge in [-0.05, 0) is 6.42 Å². The number of nitrogen functional groups attached to an aromatic ring is 1. The number of amides is 1. The first-order valence-electron chi connectivity index (χ1n) is 5.42. The summed E-state index contributed by atoms with van der Waals surface area (Å²) >= 11 is 0. The summed E-state index contributed by atoms with van der Waals surface area (Å²) in [4.78, 5) is 31.1. The second-order valence-corrected chi connectivity index (χ2v) is 4.00. The van der Waals surface area contributed by atoms with Crippen molar-refractivity contribution in [1.82, 2.24) is 15.3 Å². The van der Waals surface area contributed by atoms with Gasteiger partial charge in [-0.2, -0.15) is 0 Å². The predicted octanol–water partition coefficient (Wildman–Crippen LogP) is -0.282. The van der Waals surface area contributed by atoms with E-state index in [9.17, 15) is 9.59 Å². The molecule has 1 saturated heterocycles. The Morgan fingerprint density at radius 1 is 1.61 bits per heavy atom. The van der Waals surface area contributed by atoms with Gasteiger partial charge < -0.3 is 21.1 Å². The van der Waals surface area contributed by atoms with E-state index in [0.717, 1.165) is 0 Å². The Hall–Kier alpha value is -2.38. The number of hydrogen-bond donors (Lipinski definition) is 3. The van der Waals surface area contributed by atoms with Crippen LogP contribution in [0.25, 0.3) is 0 Å². The molecule has 0 aliphatic carbocycles. The largest absolute Gasteiger partial charge is 0.465 e. The summed E-state index contributed by atoms with van der Waals surface area (Å²) in [6.45, 7) is 1.08. The summed E-state index contributed by atoms with van der Waals surface area (Å²) in [7, 11) is 0. The van der Waals surface area contributed by atoms with Crippen molar-refractivity contribution in [3.63, 3.8) is 0 Å². The molecule has 2 rings (SSSR count). The van der Waals surface area contributed by atoms with E-state index in [1.165, 1.54) is 6.33 Å². The summed E-state index contributed by atoms with van der Waals surface area (Å²) in [5, 5.41) is 11.0. The Balaban J connectivity index is 2.16. The van der Waals surface area contributed by atoms with Gasteiger partial charge in [0.2, 0.25) is 0 Å². The van der Waals surface area contributed by atoms with E-state index in [4.69, 9.17) is 10.8 Å². The maximum absolute atomic E-state index is 11.0. The molecule has 1 amide bonds. The van der Waals surface area contributed by atoms with E-state index in [-0.39, 0.29) is 17.4 Å². The van der Waals surface area contributed by atoms with Crippen LogP contribution >= 0.6 is 0 Å². The lowest BCUT2D eigenvalue weighted by Crippen LogP contribution is -2.36. The van der Waals surface area contributed by atoms with E-state index in [1.807, 2.05) is 4.90 Å². The van der Waals surface area contributed by atoms with Crippen LogP contribution in [-0.4, -0.2) is 46.6 Å². The third-order valence-corrected chi connectivity index (χ3v) is 2.83. The van der Waals surface area contributed by atoms with Gasteiger partial charge in [-0.15, -0.1) is 0 Å². The molecule has 1 unspecified atom stereocenters. The van der Waals surface area contributed by atoms with Crippen molar-refractivity contribution in [2.45, 2.75) is 12.5 Å². The molecule has 0 radical (unpaired) electrons. The number of carbonyl (C=O) groups excluding carboxylic acids is 1. The number of nitrogens with two attached hydrogens (primary N) is 1. The van der Waals surface area contributed by atoms with E-state index in [1.54, 1.807) is 0 Å². The number of anilines is 2. The highest BCUT2D eigenvalue weighted by Gasteiger charge is 2.26. The van der Waals surface area contributed by atoms with Crippen LogP contribution in [0.3, 0.4) is 0 Å². The van der Waals surface area contributed by atoms with Crippen LogP contribution in [0, 0.1) is 0 Å². The lowest BCUT2D eigenvalue weighted by Gasteiger charge is -2.19. The Bertz CT molecular complexity index is 479. The Kier molecular flexibility index (Phi) is 3.26. The first-order chi connectivity index (χ1) is 8.61. The molecule has 8 nitrogen and oxygen atoms in total. The highest BCUT2D eigenvalue weighted by molar-refractivity contribution is 5.88. The monoisotopic (exact) mass is 251 g/mol. The van der Waals surface area contributed by atoms with Gasteiger partial charge in [-0.1, -0.05) is 0 Å². The zero-order valence-corrected chi connectivity index (χ0v) is 9.54. The van der Waals surface area contributed by atoms with Gasteiger partial charge in [0.1, 0.15) is 18.0 Å². The van der Waals surface area contributed by atoms with E-state index < -0.39 is 6.09 Å². The maximum atomic E-state index is 11.0. The van der Waals surface area contributed by atoms with Crippen LogP contribution in [-0.2, 0) is 0 Å². The molecule has 0 saturated carbocycles. The highest BCUT2D eigenvalue weighted by atomic mass is 16.4. The predicted molar refractivity (Wildman–Crippen MR) is 63.6 cm³/mol. The molecule has 1 aromatic heterocycles. The first kappa shape index (κ1) is 12.1. The molecule has 1 fully saturated rings. The SMILES string of the molecule is Nc1ncnc(N2CCC(NC(=O)O)C2)c1C=O. The number of nitrogens with zero attached hydrogens (tertiary/aromatic N) is 3. The number of rotatable bonds is 3. The lowest BCUT2D eigenvalue weighted by molar-refractivity contribution is 0.112. The van der Waals surface area contributed by atoms with E-state index >= 15 is 0 Å². The third-order valence-electron chi connectivity index (χ3n) is 2.83. The molecular formula is C10H13N5O3. The van der Waals surface area contributed by atoms with Crippen LogP contribution < -0.4 is 16.0 Å². The van der Waals surface area contributed by atoms with Crippen molar-refractivity contribution in [2.24, 2.45) is 0 Å². The zero-order chi connectivity index (χ0) is 13.1. The molecule has 1 aliphatic heterocycles. The van der Waals surface area contributed by atoms with Gasteiger partial charge in [0.15, 0.2) is 6.29 Å². The quantitative estimate of drug-likeness (QED) is 0.631. The van der Waals surface area contributed by atoms with Crippen LogP contribution in [0.1, 0.15) is 16.8 Å². The molecule has 0 bridgehead atoms. The molecule has 2 heterocycles. The van der Waals surface area contributed by atoms with Crippen molar-refractivity contribution in [1.29, 1.82) is 0 Å². The van der Waals surface area contributed by atoms with Crippen LogP contribution in [0.5, 0.6) is 0 Å². The molecule has 0 spiro atoms. The molecule has 0 aromatic carbocycles. The van der Waals surface area contributed by atoms with Gasteiger partial charge in [0.25, 0.3) is 0 Å². The average Bonchev–Trinajstić information content (AvgIpc) is 2.76. The maximum Gasteiger partial charge on any atom is 0.404 e. The average molecular weight is 251 g/mol. The molecule has 4 N–H and O–H groups in total. The number of carbonyl (C=O) groups is 2. The molecule has 1 aliphatic rings. The van der Waals surface area contributed by atoms with Gasteiger partial charge in [-0.25, -0.2) is 14.8 Å². The Labute approximate surface area is 103 Å². The summed E-state index contributed by atoms with van der Waals surface area (Å²) in [6, 6.07) is -0.168. The minimum absolute atomic E-state index is 0.129. The minimum Gasteiger partial charge on any atom is -0.465 e. The van der Waals surface area contributed by atoms with Gasteiger partial charge in [0.05, 0.1) is 11.6 Å². The van der Waals surface area contributed by atoms with Gasteiger partial charge in [-0.3, -0.25) is 4.79 Å². The van der Waals surface area contributed by atoms with E-state index in [2.05, 4.69) is 15.3 Å². The smallest absolute Gasteiger partial charge is 0.404 e. The number of aromatic nitrogens is 2. The zero-order valence-electron chi connectivity index (χ0n) is 9.54.